The van der Waals surface area contributed by atoms with Gasteiger partial charge in [-0.1, -0.05) is 0 Å². The molecule has 0 spiro atoms. The highest BCUT2D eigenvalue weighted by Crippen LogP contribution is 2.21. The predicted octanol–water partition coefficient (Wildman–Crippen LogP) is 2.03. The lowest BCUT2D eigenvalue weighted by Gasteiger charge is -2.11. The Morgan fingerprint density at radius 2 is 1.75 bits per heavy atom. The second-order valence-electron chi connectivity index (χ2n) is 3.79. The molecule has 1 amide bonds. The van der Waals surface area contributed by atoms with Crippen molar-refractivity contribution in [1.82, 2.24) is 0 Å². The van der Waals surface area contributed by atoms with Gasteiger partial charge < -0.3 is 5.32 Å². The van der Waals surface area contributed by atoms with Gasteiger partial charge in [0.2, 0.25) is 5.91 Å². The Hall–Kier alpha value is -1.58. The summed E-state index contributed by atoms with van der Waals surface area (Å²) in [5.74, 6) is -0.207. The van der Waals surface area contributed by atoms with E-state index in [-0.39, 0.29) is 18.0 Å². The van der Waals surface area contributed by atoms with E-state index in [0.717, 1.165) is 11.1 Å². The van der Waals surface area contributed by atoms with Crippen LogP contribution in [0.5, 0.6) is 0 Å². The molecular formula is C12H14BNO2. The average Bonchev–Trinajstić information content (AvgIpc) is 2.15. The van der Waals surface area contributed by atoms with E-state index in [4.69, 9.17) is 7.85 Å². The number of carbonyl (C=O) groups excluding carboxylic acids is 2. The highest BCUT2D eigenvalue weighted by Gasteiger charge is 2.11. The first-order chi connectivity index (χ1) is 7.45. The van der Waals surface area contributed by atoms with Crippen LogP contribution < -0.4 is 5.32 Å². The van der Waals surface area contributed by atoms with Gasteiger partial charge in [-0.15, -0.1) is 0 Å². The molecule has 16 heavy (non-hydrogen) atoms. The first-order valence-corrected chi connectivity index (χ1v) is 5.07. The molecule has 0 fully saturated rings. The fraction of sp³-hybridized carbons (Fsp3) is 0.333. The topological polar surface area (TPSA) is 46.2 Å². The van der Waals surface area contributed by atoms with Crippen LogP contribution in [0, 0.1) is 13.8 Å². The number of rotatable bonds is 3. The molecule has 4 heteroatoms. The fourth-order valence-electron chi connectivity index (χ4n) is 1.78. The second kappa shape index (κ2) is 4.97. The third-order valence-electron chi connectivity index (χ3n) is 2.32. The third-order valence-corrected chi connectivity index (χ3v) is 2.32. The number of anilines is 1. The molecule has 0 atom stereocenters. The molecule has 0 aliphatic rings. The van der Waals surface area contributed by atoms with E-state index in [1.165, 1.54) is 6.92 Å². The maximum Gasteiger partial charge on any atom is 0.221 e. The summed E-state index contributed by atoms with van der Waals surface area (Å²) in [5.41, 5.74) is 3.02. The van der Waals surface area contributed by atoms with Crippen LogP contribution in [0.15, 0.2) is 12.1 Å². The van der Waals surface area contributed by atoms with Crippen LogP contribution >= 0.6 is 0 Å². The van der Waals surface area contributed by atoms with Gasteiger partial charge >= 0.3 is 0 Å². The summed E-state index contributed by atoms with van der Waals surface area (Å²) in [6.45, 7) is 5.12. The van der Waals surface area contributed by atoms with Gasteiger partial charge in [-0.2, -0.15) is 0 Å². The Bertz CT molecular complexity index is 418. The van der Waals surface area contributed by atoms with Gasteiger partial charge in [-0.3, -0.25) is 9.59 Å². The molecule has 82 valence electrons. The van der Waals surface area contributed by atoms with E-state index < -0.39 is 0 Å². The second-order valence-corrected chi connectivity index (χ2v) is 3.79. The molecule has 1 aromatic rings. The minimum atomic E-state index is -0.128. The van der Waals surface area contributed by atoms with Crippen LogP contribution in [0.2, 0.25) is 6.32 Å². The maximum absolute atomic E-state index is 11.6. The van der Waals surface area contributed by atoms with E-state index in [9.17, 15) is 9.59 Å². The van der Waals surface area contributed by atoms with Gasteiger partial charge in [0, 0.05) is 18.2 Å². The summed E-state index contributed by atoms with van der Waals surface area (Å²) in [5, 5.41) is 2.69. The van der Waals surface area contributed by atoms with Crippen LogP contribution in [0.25, 0.3) is 0 Å². The molecule has 1 aromatic carbocycles. The number of Topliss-reactive ketones (excluding diaryl/α,β-unsaturated/α-hetero) is 1. The molecule has 0 aliphatic carbocycles. The number of ketones is 1. The number of benzene rings is 1. The summed E-state index contributed by atoms with van der Waals surface area (Å²) in [7, 11) is 5.34. The van der Waals surface area contributed by atoms with Gasteiger partial charge in [0.25, 0.3) is 0 Å². The standard InChI is InChI=1S/C12H14BNO2/c1-7-4-10(14-9(3)15)5-8(2)12(7)11(16)6-13/h4-5H,6H2,1-3H3,(H,14,15). The number of hydrogen-bond donors (Lipinski definition) is 1. The molecule has 0 unspecified atom stereocenters. The third kappa shape index (κ3) is 2.72. The SMILES string of the molecule is [B]CC(=O)c1c(C)cc(NC(C)=O)cc1C. The van der Waals surface area contributed by atoms with Crippen molar-refractivity contribution in [1.29, 1.82) is 0 Å². The van der Waals surface area contributed by atoms with Crippen LogP contribution in [0.3, 0.4) is 0 Å². The lowest BCUT2D eigenvalue weighted by atomic mass is 9.90. The van der Waals surface area contributed by atoms with Gasteiger partial charge in [0.15, 0.2) is 5.78 Å². The zero-order valence-corrected chi connectivity index (χ0v) is 9.76. The first kappa shape index (κ1) is 12.5. The molecular weight excluding hydrogens is 201 g/mol. The molecule has 0 aliphatic heterocycles. The van der Waals surface area contributed by atoms with E-state index in [1.807, 2.05) is 13.8 Å². The van der Waals surface area contributed by atoms with Crippen molar-refractivity contribution >= 4 is 25.2 Å². The van der Waals surface area contributed by atoms with E-state index >= 15 is 0 Å². The Kier molecular flexibility index (Phi) is 3.88. The Balaban J connectivity index is 3.17. The zero-order chi connectivity index (χ0) is 12.3. The maximum atomic E-state index is 11.6. The van der Waals surface area contributed by atoms with Crippen molar-refractivity contribution in [3.63, 3.8) is 0 Å². The lowest BCUT2D eigenvalue weighted by molar-refractivity contribution is -0.114. The number of nitrogens with one attached hydrogen (secondary N) is 1. The number of carbonyl (C=O) groups is 2. The van der Waals surface area contributed by atoms with Crippen LogP contribution in [0.4, 0.5) is 5.69 Å². The molecule has 2 radical (unpaired) electrons. The zero-order valence-electron chi connectivity index (χ0n) is 9.76. The summed E-state index contributed by atoms with van der Waals surface area (Å²) >= 11 is 0. The van der Waals surface area contributed by atoms with Crippen LogP contribution in [-0.2, 0) is 4.79 Å². The van der Waals surface area contributed by atoms with E-state index in [0.29, 0.717) is 11.3 Å². The Morgan fingerprint density at radius 1 is 1.25 bits per heavy atom. The van der Waals surface area contributed by atoms with Crippen molar-refractivity contribution in [3.8, 4) is 0 Å². The van der Waals surface area contributed by atoms with Crippen molar-refractivity contribution < 1.29 is 9.59 Å². The van der Waals surface area contributed by atoms with Gasteiger partial charge in [0.05, 0.1) is 7.85 Å². The van der Waals surface area contributed by atoms with Crippen molar-refractivity contribution in [2.75, 3.05) is 5.32 Å². The highest BCUT2D eigenvalue weighted by atomic mass is 16.1. The molecule has 0 bridgehead atoms. The summed E-state index contributed by atoms with van der Waals surface area (Å²) < 4.78 is 0. The van der Waals surface area contributed by atoms with Crippen LogP contribution in [0.1, 0.15) is 28.4 Å². The van der Waals surface area contributed by atoms with Crippen molar-refractivity contribution in [2.45, 2.75) is 27.1 Å². The molecule has 0 saturated heterocycles. The molecule has 1 rings (SSSR count). The van der Waals surface area contributed by atoms with Crippen molar-refractivity contribution in [3.05, 3.63) is 28.8 Å². The van der Waals surface area contributed by atoms with Crippen LogP contribution in [-0.4, -0.2) is 19.5 Å². The molecule has 0 aromatic heterocycles. The fourth-order valence-corrected chi connectivity index (χ4v) is 1.78. The quantitative estimate of drug-likeness (QED) is 0.619. The van der Waals surface area contributed by atoms with Gasteiger partial charge in [0.1, 0.15) is 0 Å². The molecule has 3 nitrogen and oxygen atoms in total. The first-order valence-electron chi connectivity index (χ1n) is 5.07. The molecule has 0 saturated carbocycles. The van der Waals surface area contributed by atoms with Gasteiger partial charge in [-0.25, -0.2) is 0 Å². The summed E-state index contributed by atoms with van der Waals surface area (Å²) in [6, 6.07) is 3.55. The summed E-state index contributed by atoms with van der Waals surface area (Å²) in [6.07, 6.45) is 0.00115. The molecule has 1 N–H and O–H groups in total. The summed E-state index contributed by atoms with van der Waals surface area (Å²) in [4.78, 5) is 22.5. The predicted molar refractivity (Wildman–Crippen MR) is 65.1 cm³/mol. The highest BCUT2D eigenvalue weighted by molar-refractivity contribution is 6.24. The van der Waals surface area contributed by atoms with E-state index in [2.05, 4.69) is 5.32 Å². The Morgan fingerprint density at radius 3 is 2.12 bits per heavy atom. The minimum absolute atomic E-state index is 0.00115. The number of hydrogen-bond acceptors (Lipinski definition) is 2. The largest absolute Gasteiger partial charge is 0.326 e. The number of aryl methyl sites for hydroxylation is 2. The average molecular weight is 215 g/mol. The molecule has 0 heterocycles. The monoisotopic (exact) mass is 215 g/mol. The lowest BCUT2D eigenvalue weighted by Crippen LogP contribution is -2.09. The Labute approximate surface area is 96.6 Å². The van der Waals surface area contributed by atoms with Crippen molar-refractivity contribution in [2.24, 2.45) is 0 Å². The normalized spacial score (nSPS) is 9.94. The van der Waals surface area contributed by atoms with Gasteiger partial charge in [-0.05, 0) is 43.4 Å². The van der Waals surface area contributed by atoms with E-state index in [1.54, 1.807) is 12.1 Å². The number of amides is 1. The smallest absolute Gasteiger partial charge is 0.221 e. The minimum Gasteiger partial charge on any atom is -0.326 e.